The van der Waals surface area contributed by atoms with Crippen molar-refractivity contribution in [2.24, 2.45) is 4.99 Å². The van der Waals surface area contributed by atoms with Gasteiger partial charge in [-0.3, -0.25) is 5.32 Å². The van der Waals surface area contributed by atoms with Gasteiger partial charge in [0.25, 0.3) is 0 Å². The maximum Gasteiger partial charge on any atom is 0.411 e. The Labute approximate surface area is 181 Å². The number of hydrogen-bond donors (Lipinski definition) is 3. The van der Waals surface area contributed by atoms with Crippen LogP contribution < -0.4 is 16.0 Å². The first-order valence-electron chi connectivity index (χ1n) is 8.60. The lowest BCUT2D eigenvalue weighted by Gasteiger charge is -2.15. The van der Waals surface area contributed by atoms with E-state index in [9.17, 15) is 4.79 Å². The highest BCUT2D eigenvalue weighted by Gasteiger charge is 2.07. The number of thiophene rings is 1. The fourth-order valence-corrected chi connectivity index (χ4v) is 3.08. The number of benzene rings is 1. The molecule has 148 valence electrons. The number of methoxy groups -OCH3 is 1. The quantitative estimate of drug-likeness (QED) is 0.298. The number of guanidine groups is 1. The van der Waals surface area contributed by atoms with Gasteiger partial charge in [-0.25, -0.2) is 9.79 Å². The lowest BCUT2D eigenvalue weighted by molar-refractivity contribution is 0.187. The molecule has 0 saturated carbocycles. The van der Waals surface area contributed by atoms with Crippen LogP contribution in [0.3, 0.4) is 0 Å². The van der Waals surface area contributed by atoms with Crippen LogP contribution in [0.4, 0.5) is 10.5 Å². The molecule has 0 aliphatic heterocycles. The zero-order chi connectivity index (χ0) is 18.8. The summed E-state index contributed by atoms with van der Waals surface area (Å²) in [6.07, 6.45) is -0.478. The van der Waals surface area contributed by atoms with E-state index in [1.807, 2.05) is 31.2 Å². The second-order valence-electron chi connectivity index (χ2n) is 5.85. The number of nitrogens with one attached hydrogen (secondary N) is 3. The van der Waals surface area contributed by atoms with Gasteiger partial charge < -0.3 is 15.4 Å². The van der Waals surface area contributed by atoms with E-state index in [0.29, 0.717) is 18.2 Å². The Morgan fingerprint density at radius 1 is 1.22 bits per heavy atom. The maximum atomic E-state index is 11.2. The second kappa shape index (κ2) is 12.6. The number of anilines is 1. The number of carbonyl (C=O) groups is 1. The van der Waals surface area contributed by atoms with E-state index in [1.54, 1.807) is 11.3 Å². The summed E-state index contributed by atoms with van der Waals surface area (Å²) in [6.45, 7) is 6.43. The summed E-state index contributed by atoms with van der Waals surface area (Å²) >= 11 is 1.72. The van der Waals surface area contributed by atoms with Gasteiger partial charge in [-0.1, -0.05) is 19.1 Å². The highest BCUT2D eigenvalue weighted by molar-refractivity contribution is 14.0. The molecule has 8 heteroatoms. The highest BCUT2D eigenvalue weighted by atomic mass is 127. The first-order chi connectivity index (χ1) is 12.6. The van der Waals surface area contributed by atoms with E-state index >= 15 is 0 Å². The molecule has 1 heterocycles. The van der Waals surface area contributed by atoms with Gasteiger partial charge in [0, 0.05) is 18.8 Å². The minimum atomic E-state index is -0.478. The zero-order valence-electron chi connectivity index (χ0n) is 15.8. The monoisotopic (exact) mass is 502 g/mol. The predicted molar refractivity (Wildman–Crippen MR) is 123 cm³/mol. The summed E-state index contributed by atoms with van der Waals surface area (Å²) in [6, 6.07) is 9.70. The number of ether oxygens (including phenoxy) is 1. The van der Waals surface area contributed by atoms with Crippen LogP contribution in [0.15, 0.2) is 46.1 Å². The van der Waals surface area contributed by atoms with Crippen LogP contribution in [0.1, 0.15) is 30.9 Å². The minimum Gasteiger partial charge on any atom is -0.453 e. The molecule has 2 aromatic rings. The molecule has 6 nitrogen and oxygen atoms in total. The van der Waals surface area contributed by atoms with Crippen LogP contribution in [0.25, 0.3) is 0 Å². The molecule has 1 aromatic heterocycles. The van der Waals surface area contributed by atoms with Crippen LogP contribution in [0, 0.1) is 0 Å². The fraction of sp³-hybridized carbons (Fsp3) is 0.368. The molecule has 1 unspecified atom stereocenters. The highest BCUT2D eigenvalue weighted by Crippen LogP contribution is 2.17. The number of amides is 1. The molecule has 0 radical (unpaired) electrons. The molecule has 3 N–H and O–H groups in total. The van der Waals surface area contributed by atoms with Crippen molar-refractivity contribution in [3.05, 3.63) is 52.2 Å². The molecule has 0 bridgehead atoms. The SMILES string of the molecule is CCNC(=NCc1ccc(NC(=O)OC)cc1)NCC(C)c1ccsc1.I. The number of halogens is 1. The Kier molecular flexibility index (Phi) is 10.8. The van der Waals surface area contributed by atoms with E-state index in [4.69, 9.17) is 0 Å². The lowest BCUT2D eigenvalue weighted by atomic mass is 10.1. The summed E-state index contributed by atoms with van der Waals surface area (Å²) in [7, 11) is 1.34. The Morgan fingerprint density at radius 2 is 1.96 bits per heavy atom. The van der Waals surface area contributed by atoms with Crippen molar-refractivity contribution in [1.82, 2.24) is 10.6 Å². The largest absolute Gasteiger partial charge is 0.453 e. The third kappa shape index (κ3) is 8.17. The van der Waals surface area contributed by atoms with Crippen LogP contribution >= 0.6 is 35.3 Å². The average molecular weight is 502 g/mol. The van der Waals surface area contributed by atoms with E-state index in [-0.39, 0.29) is 24.0 Å². The molecule has 1 atom stereocenters. The summed E-state index contributed by atoms with van der Waals surface area (Å²) in [5.41, 5.74) is 3.09. The standard InChI is InChI=1S/C19H26N4O2S.HI/c1-4-20-18(21-11-14(2)16-9-10-26-13-16)22-12-15-5-7-17(8-6-15)23-19(24)25-3;/h5-10,13-14H,4,11-12H2,1-3H3,(H,23,24)(H2,20,21,22);1H. The van der Waals surface area contributed by atoms with E-state index in [0.717, 1.165) is 24.6 Å². The summed E-state index contributed by atoms with van der Waals surface area (Å²) in [5, 5.41) is 13.6. The van der Waals surface area contributed by atoms with Crippen LogP contribution in [0.2, 0.25) is 0 Å². The smallest absolute Gasteiger partial charge is 0.411 e. The Balaban J connectivity index is 0.00000364. The minimum absolute atomic E-state index is 0. The van der Waals surface area contributed by atoms with Crippen LogP contribution in [0.5, 0.6) is 0 Å². The first kappa shape index (κ1) is 23.2. The van der Waals surface area contributed by atoms with Crippen molar-refractivity contribution >= 4 is 53.1 Å². The molecule has 1 amide bonds. The van der Waals surface area contributed by atoms with Crippen molar-refractivity contribution in [3.8, 4) is 0 Å². The Hall–Kier alpha value is -1.81. The molecule has 0 spiro atoms. The van der Waals surface area contributed by atoms with Crippen molar-refractivity contribution in [2.45, 2.75) is 26.3 Å². The third-order valence-corrected chi connectivity index (χ3v) is 4.54. The van der Waals surface area contributed by atoms with Gasteiger partial charge in [0.05, 0.1) is 13.7 Å². The number of aliphatic imine (C=N–C) groups is 1. The zero-order valence-corrected chi connectivity index (χ0v) is 19.0. The Morgan fingerprint density at radius 3 is 2.56 bits per heavy atom. The van der Waals surface area contributed by atoms with Gasteiger partial charge in [0.2, 0.25) is 0 Å². The second-order valence-corrected chi connectivity index (χ2v) is 6.63. The summed E-state index contributed by atoms with van der Waals surface area (Å²) < 4.78 is 4.58. The van der Waals surface area contributed by atoms with E-state index in [2.05, 4.69) is 49.4 Å². The van der Waals surface area contributed by atoms with Crippen molar-refractivity contribution in [1.29, 1.82) is 0 Å². The van der Waals surface area contributed by atoms with Crippen LogP contribution in [-0.2, 0) is 11.3 Å². The van der Waals surface area contributed by atoms with Gasteiger partial charge in [-0.2, -0.15) is 11.3 Å². The molecule has 0 fully saturated rings. The van der Waals surface area contributed by atoms with Crippen LogP contribution in [-0.4, -0.2) is 32.3 Å². The third-order valence-electron chi connectivity index (χ3n) is 3.84. The van der Waals surface area contributed by atoms with Gasteiger partial charge in [0.1, 0.15) is 0 Å². The molecule has 0 aliphatic rings. The Bertz CT molecular complexity index is 705. The summed E-state index contributed by atoms with van der Waals surface area (Å²) in [4.78, 5) is 15.8. The number of carbonyl (C=O) groups excluding carboxylic acids is 1. The average Bonchev–Trinajstić information content (AvgIpc) is 3.19. The molecule has 27 heavy (non-hydrogen) atoms. The van der Waals surface area contributed by atoms with Gasteiger partial charge in [0.15, 0.2) is 5.96 Å². The van der Waals surface area contributed by atoms with Gasteiger partial charge in [-0.05, 0) is 52.9 Å². The normalized spacial score (nSPS) is 11.9. The molecule has 2 rings (SSSR count). The number of hydrogen-bond acceptors (Lipinski definition) is 4. The molecule has 0 saturated heterocycles. The van der Waals surface area contributed by atoms with Gasteiger partial charge >= 0.3 is 6.09 Å². The molecule has 1 aromatic carbocycles. The maximum absolute atomic E-state index is 11.2. The lowest BCUT2D eigenvalue weighted by Crippen LogP contribution is -2.39. The topological polar surface area (TPSA) is 74.8 Å². The number of rotatable bonds is 7. The van der Waals surface area contributed by atoms with E-state index < -0.39 is 6.09 Å². The van der Waals surface area contributed by atoms with E-state index in [1.165, 1.54) is 12.7 Å². The predicted octanol–water partition coefficient (Wildman–Crippen LogP) is 4.40. The van der Waals surface area contributed by atoms with Gasteiger partial charge in [-0.15, -0.1) is 24.0 Å². The molecule has 0 aliphatic carbocycles. The molecular weight excluding hydrogens is 475 g/mol. The van der Waals surface area contributed by atoms with Crippen molar-refractivity contribution in [2.75, 3.05) is 25.5 Å². The van der Waals surface area contributed by atoms with Crippen molar-refractivity contribution < 1.29 is 9.53 Å². The first-order valence-corrected chi connectivity index (χ1v) is 9.54. The summed E-state index contributed by atoms with van der Waals surface area (Å²) in [5.74, 6) is 1.22. The number of nitrogens with zero attached hydrogens (tertiary/aromatic N) is 1. The molecular formula is C19H27IN4O2S. The van der Waals surface area contributed by atoms with Crippen molar-refractivity contribution in [3.63, 3.8) is 0 Å². The fourth-order valence-electron chi connectivity index (χ4n) is 2.30.